The maximum Gasteiger partial charge on any atom is 0.310 e. The van der Waals surface area contributed by atoms with Crippen LogP contribution in [0.1, 0.15) is 58.8 Å². The molecule has 0 saturated carbocycles. The van der Waals surface area contributed by atoms with Crippen molar-refractivity contribution in [3.8, 4) is 0 Å². The van der Waals surface area contributed by atoms with E-state index < -0.39 is 5.97 Å². The third-order valence-corrected chi connectivity index (χ3v) is 1.91. The van der Waals surface area contributed by atoms with E-state index in [-0.39, 0.29) is 5.97 Å². The summed E-state index contributed by atoms with van der Waals surface area (Å²) in [7, 11) is 0. The Morgan fingerprint density at radius 1 is 1.12 bits per heavy atom. The van der Waals surface area contributed by atoms with Crippen LogP contribution in [0.25, 0.3) is 0 Å². The van der Waals surface area contributed by atoms with E-state index >= 15 is 0 Å². The third kappa shape index (κ3) is 20.7. The van der Waals surface area contributed by atoms with Gasteiger partial charge in [-0.25, -0.2) is 0 Å². The van der Waals surface area contributed by atoms with E-state index in [1.807, 2.05) is 6.92 Å². The molecule has 0 spiro atoms. The van der Waals surface area contributed by atoms with Gasteiger partial charge in [0, 0.05) is 12.8 Å². The van der Waals surface area contributed by atoms with Crippen LogP contribution >= 0.6 is 0 Å². The fourth-order valence-corrected chi connectivity index (χ4v) is 1.06. The van der Waals surface area contributed by atoms with Crippen LogP contribution in [0.15, 0.2) is 12.8 Å². The molecule has 17 heavy (non-hydrogen) atoms. The van der Waals surface area contributed by atoms with Crippen molar-refractivity contribution in [2.45, 2.75) is 58.8 Å². The number of unbranched alkanes of at least 4 members (excludes halogenated alkanes) is 3. The van der Waals surface area contributed by atoms with Gasteiger partial charge in [-0.3, -0.25) is 9.59 Å². The van der Waals surface area contributed by atoms with Crippen molar-refractivity contribution in [3.63, 3.8) is 0 Å². The van der Waals surface area contributed by atoms with E-state index in [4.69, 9.17) is 5.11 Å². The zero-order valence-corrected chi connectivity index (χ0v) is 10.9. The highest BCUT2D eigenvalue weighted by molar-refractivity contribution is 5.69. The summed E-state index contributed by atoms with van der Waals surface area (Å²) in [6, 6.07) is 0. The molecule has 0 heterocycles. The van der Waals surface area contributed by atoms with Crippen molar-refractivity contribution < 1.29 is 19.4 Å². The number of hydrogen-bond donors (Lipinski definition) is 1. The molecule has 0 aliphatic rings. The normalized spacial score (nSPS) is 8.82. The molecule has 0 aliphatic heterocycles. The molecule has 0 saturated heterocycles. The van der Waals surface area contributed by atoms with E-state index in [2.05, 4.69) is 18.2 Å². The highest BCUT2D eigenvalue weighted by atomic mass is 16.5. The van der Waals surface area contributed by atoms with Crippen LogP contribution in [0.2, 0.25) is 0 Å². The quantitative estimate of drug-likeness (QED) is 0.403. The molecular weight excluding hydrogens is 220 g/mol. The molecular formula is C13H24O4. The fraction of sp³-hybridized carbons (Fsp3) is 0.692. The van der Waals surface area contributed by atoms with Crippen molar-refractivity contribution in [2.24, 2.45) is 0 Å². The lowest BCUT2D eigenvalue weighted by Crippen LogP contribution is -1.98. The molecule has 4 nitrogen and oxygen atoms in total. The molecule has 0 aromatic heterocycles. The van der Waals surface area contributed by atoms with E-state index in [0.717, 1.165) is 19.3 Å². The minimum Gasteiger partial charge on any atom is -0.481 e. The Labute approximate surface area is 104 Å². The maximum atomic E-state index is 10.7. The monoisotopic (exact) mass is 244 g/mol. The summed E-state index contributed by atoms with van der Waals surface area (Å²) >= 11 is 0. The number of carboxylic acids is 1. The van der Waals surface area contributed by atoms with Gasteiger partial charge in [0.15, 0.2) is 0 Å². The SMILES string of the molecule is C=COC(=O)CCCCCC.CCCC(=O)O. The first-order chi connectivity index (χ1) is 8.08. The molecule has 0 aromatic rings. The lowest BCUT2D eigenvalue weighted by molar-refractivity contribution is -0.138. The van der Waals surface area contributed by atoms with Crippen molar-refractivity contribution in [2.75, 3.05) is 0 Å². The zero-order chi connectivity index (χ0) is 13.5. The smallest absolute Gasteiger partial charge is 0.310 e. The molecule has 0 aromatic carbocycles. The number of carbonyl (C=O) groups excluding carboxylic acids is 1. The van der Waals surface area contributed by atoms with Crippen molar-refractivity contribution >= 4 is 11.9 Å². The second kappa shape index (κ2) is 14.7. The maximum absolute atomic E-state index is 10.7. The van der Waals surface area contributed by atoms with Gasteiger partial charge in [0.25, 0.3) is 0 Å². The summed E-state index contributed by atoms with van der Waals surface area (Å²) in [6.45, 7) is 7.28. The molecule has 0 atom stereocenters. The summed E-state index contributed by atoms with van der Waals surface area (Å²) in [5.74, 6) is -0.881. The van der Waals surface area contributed by atoms with Crippen molar-refractivity contribution in [1.82, 2.24) is 0 Å². The van der Waals surface area contributed by atoms with Crippen LogP contribution in [0.5, 0.6) is 0 Å². The summed E-state index contributed by atoms with van der Waals surface area (Å²) in [6.07, 6.45) is 7.16. The number of aliphatic carboxylic acids is 1. The second-order valence-electron chi connectivity index (χ2n) is 3.61. The number of carbonyl (C=O) groups is 2. The van der Waals surface area contributed by atoms with Gasteiger partial charge in [-0.05, 0) is 12.8 Å². The summed E-state index contributed by atoms with van der Waals surface area (Å²) < 4.78 is 4.55. The van der Waals surface area contributed by atoms with E-state index in [9.17, 15) is 9.59 Å². The number of ether oxygens (including phenoxy) is 1. The van der Waals surface area contributed by atoms with Crippen molar-refractivity contribution in [3.05, 3.63) is 12.8 Å². The lowest BCUT2D eigenvalue weighted by atomic mass is 10.2. The van der Waals surface area contributed by atoms with Gasteiger partial charge >= 0.3 is 11.9 Å². The topological polar surface area (TPSA) is 63.6 Å². The Hall–Kier alpha value is -1.32. The summed E-state index contributed by atoms with van der Waals surface area (Å²) in [5.41, 5.74) is 0. The molecule has 0 aliphatic carbocycles. The first-order valence-electron chi connectivity index (χ1n) is 6.10. The van der Waals surface area contributed by atoms with Gasteiger partial charge in [0.2, 0.25) is 0 Å². The minimum absolute atomic E-state index is 0.170. The average Bonchev–Trinajstić information content (AvgIpc) is 2.25. The van der Waals surface area contributed by atoms with E-state index in [1.165, 1.54) is 19.1 Å². The lowest BCUT2D eigenvalue weighted by Gasteiger charge is -1.97. The molecule has 1 N–H and O–H groups in total. The first kappa shape index (κ1) is 18.1. The van der Waals surface area contributed by atoms with Gasteiger partial charge in [0.1, 0.15) is 0 Å². The van der Waals surface area contributed by atoms with Gasteiger partial charge < -0.3 is 9.84 Å². The Bertz CT molecular complexity index is 211. The van der Waals surface area contributed by atoms with Crippen molar-refractivity contribution in [1.29, 1.82) is 0 Å². The van der Waals surface area contributed by atoms with Gasteiger partial charge in [0.05, 0.1) is 6.26 Å². The van der Waals surface area contributed by atoms with Crippen LogP contribution < -0.4 is 0 Å². The Morgan fingerprint density at radius 2 is 1.76 bits per heavy atom. The molecule has 100 valence electrons. The van der Waals surface area contributed by atoms with Crippen LogP contribution in [0.3, 0.4) is 0 Å². The molecule has 0 bridgehead atoms. The fourth-order valence-electron chi connectivity index (χ4n) is 1.06. The molecule has 0 fully saturated rings. The van der Waals surface area contributed by atoms with Crippen LogP contribution in [0.4, 0.5) is 0 Å². The van der Waals surface area contributed by atoms with Gasteiger partial charge in [-0.15, -0.1) is 0 Å². The first-order valence-corrected chi connectivity index (χ1v) is 6.10. The van der Waals surface area contributed by atoms with Crippen LogP contribution in [-0.2, 0) is 14.3 Å². The molecule has 0 rings (SSSR count). The highest BCUT2D eigenvalue weighted by Gasteiger charge is 1.98. The predicted octanol–water partition coefficient (Wildman–Crippen LogP) is 3.51. The Morgan fingerprint density at radius 3 is 2.12 bits per heavy atom. The predicted molar refractivity (Wildman–Crippen MR) is 67.6 cm³/mol. The Kier molecular flexibility index (Phi) is 15.6. The molecule has 0 unspecified atom stereocenters. The van der Waals surface area contributed by atoms with E-state index in [0.29, 0.717) is 12.8 Å². The highest BCUT2D eigenvalue weighted by Crippen LogP contribution is 2.03. The van der Waals surface area contributed by atoms with Gasteiger partial charge in [-0.2, -0.15) is 0 Å². The summed E-state index contributed by atoms with van der Waals surface area (Å²) in [5, 5.41) is 7.91. The molecule has 0 amide bonds. The standard InChI is InChI=1S/C9H16O2.C4H8O2/c1-3-5-6-7-8-9(10)11-4-2;1-2-3-4(5)6/h4H,2-3,5-8H2,1H3;2-3H2,1H3,(H,5,6). The largest absolute Gasteiger partial charge is 0.481 e. The number of esters is 1. The second-order valence-corrected chi connectivity index (χ2v) is 3.61. The average molecular weight is 244 g/mol. The molecule has 0 radical (unpaired) electrons. The summed E-state index contributed by atoms with van der Waals surface area (Å²) in [4.78, 5) is 20.3. The Balaban J connectivity index is 0. The molecule has 4 heteroatoms. The minimum atomic E-state index is -0.711. The van der Waals surface area contributed by atoms with E-state index in [1.54, 1.807) is 0 Å². The van der Waals surface area contributed by atoms with Crippen LogP contribution in [-0.4, -0.2) is 17.0 Å². The number of carboxylic acid groups (broad SMARTS) is 1. The third-order valence-electron chi connectivity index (χ3n) is 1.91. The van der Waals surface area contributed by atoms with Gasteiger partial charge in [-0.1, -0.05) is 39.7 Å². The van der Waals surface area contributed by atoms with Crippen LogP contribution in [0, 0.1) is 0 Å². The number of hydrogen-bond acceptors (Lipinski definition) is 3. The number of rotatable bonds is 8. The zero-order valence-electron chi connectivity index (χ0n) is 10.9.